The zero-order valence-electron chi connectivity index (χ0n) is 16.7. The van der Waals surface area contributed by atoms with Gasteiger partial charge < -0.3 is 10.2 Å². The van der Waals surface area contributed by atoms with E-state index in [1.54, 1.807) is 11.3 Å². The summed E-state index contributed by atoms with van der Waals surface area (Å²) in [5.41, 5.74) is 2.03. The molecule has 1 fully saturated rings. The van der Waals surface area contributed by atoms with Gasteiger partial charge in [-0.15, -0.1) is 21.5 Å². The molecule has 0 bridgehead atoms. The van der Waals surface area contributed by atoms with E-state index >= 15 is 0 Å². The number of hydrogen-bond acceptors (Lipinski definition) is 8. The Bertz CT molecular complexity index is 1140. The second kappa shape index (κ2) is 9.33. The van der Waals surface area contributed by atoms with Gasteiger partial charge in [-0.2, -0.15) is 0 Å². The van der Waals surface area contributed by atoms with Crippen molar-refractivity contribution < 1.29 is 4.79 Å². The van der Waals surface area contributed by atoms with Gasteiger partial charge in [0.05, 0.1) is 21.0 Å². The van der Waals surface area contributed by atoms with Crippen molar-refractivity contribution in [2.24, 2.45) is 0 Å². The molecule has 0 radical (unpaired) electrons. The Kier molecular flexibility index (Phi) is 6.15. The summed E-state index contributed by atoms with van der Waals surface area (Å²) in [7, 11) is 0. The molecule has 1 atom stereocenters. The van der Waals surface area contributed by atoms with E-state index in [9.17, 15) is 4.79 Å². The molecule has 4 aromatic rings. The normalized spacial score (nSPS) is 16.5. The number of fused-ring (bicyclic) bond motifs is 1. The average Bonchev–Trinajstić information content (AvgIpc) is 3.45. The number of nitrogens with zero attached hydrogens (tertiary/aromatic N) is 4. The van der Waals surface area contributed by atoms with Crippen LogP contribution < -0.4 is 5.32 Å². The Labute approximate surface area is 192 Å². The molecule has 1 amide bonds. The third-order valence-corrected chi connectivity index (χ3v) is 8.34. The lowest BCUT2D eigenvalue weighted by Crippen LogP contribution is -2.40. The number of rotatable bonds is 6. The Morgan fingerprint density at radius 1 is 1.10 bits per heavy atom. The maximum Gasteiger partial charge on any atom is 0.233 e. The van der Waals surface area contributed by atoms with Crippen molar-refractivity contribution in [3.63, 3.8) is 0 Å². The summed E-state index contributed by atoms with van der Waals surface area (Å²) in [4.78, 5) is 19.6. The van der Waals surface area contributed by atoms with Crippen LogP contribution in [0.3, 0.4) is 0 Å². The molecule has 2 aromatic heterocycles. The first-order valence-corrected chi connectivity index (χ1v) is 12.8. The molecule has 3 heterocycles. The van der Waals surface area contributed by atoms with Crippen molar-refractivity contribution in [2.75, 3.05) is 24.2 Å². The molecule has 1 aliphatic rings. The maximum absolute atomic E-state index is 12.8. The lowest BCUT2D eigenvalue weighted by atomic mass is 9.99. The lowest BCUT2D eigenvalue weighted by Gasteiger charge is -2.31. The van der Waals surface area contributed by atoms with Crippen LogP contribution in [-0.4, -0.2) is 44.8 Å². The van der Waals surface area contributed by atoms with Gasteiger partial charge in [0.25, 0.3) is 0 Å². The van der Waals surface area contributed by atoms with Crippen LogP contribution >= 0.6 is 34.4 Å². The summed E-state index contributed by atoms with van der Waals surface area (Å²) >= 11 is 4.68. The van der Waals surface area contributed by atoms with Crippen LogP contribution in [0.25, 0.3) is 10.2 Å². The third-order valence-electron chi connectivity index (χ3n) is 5.18. The highest BCUT2D eigenvalue weighted by molar-refractivity contribution is 8.01. The number of anilines is 2. The molecule has 6 nitrogen and oxygen atoms in total. The molecule has 1 aliphatic heterocycles. The summed E-state index contributed by atoms with van der Waals surface area (Å²) in [6.45, 7) is 1.56. The van der Waals surface area contributed by atoms with Crippen LogP contribution in [0.15, 0.2) is 58.9 Å². The van der Waals surface area contributed by atoms with E-state index in [-0.39, 0.29) is 5.91 Å². The molecule has 9 heteroatoms. The first-order chi connectivity index (χ1) is 15.2. The minimum atomic E-state index is 0.156. The Morgan fingerprint density at radius 3 is 2.81 bits per heavy atom. The molecule has 158 valence electrons. The van der Waals surface area contributed by atoms with E-state index < -0.39 is 0 Å². The summed E-state index contributed by atoms with van der Waals surface area (Å²) < 4.78 is 2.01. The van der Waals surface area contributed by atoms with Gasteiger partial charge in [-0.25, -0.2) is 4.98 Å². The number of carbonyl (C=O) groups excluding carboxylic acids is 1. The van der Waals surface area contributed by atoms with Crippen molar-refractivity contribution in [1.29, 1.82) is 0 Å². The van der Waals surface area contributed by atoms with Crippen molar-refractivity contribution >= 4 is 61.4 Å². The highest BCUT2D eigenvalue weighted by Gasteiger charge is 2.27. The quantitative estimate of drug-likeness (QED) is 0.383. The van der Waals surface area contributed by atoms with Crippen LogP contribution in [0.4, 0.5) is 10.8 Å². The van der Waals surface area contributed by atoms with Crippen molar-refractivity contribution in [2.45, 2.75) is 23.1 Å². The fourth-order valence-corrected chi connectivity index (χ4v) is 6.42. The summed E-state index contributed by atoms with van der Waals surface area (Å²) in [5, 5.41) is 13.5. The molecule has 2 aromatic carbocycles. The number of amides is 1. The van der Waals surface area contributed by atoms with Crippen molar-refractivity contribution in [1.82, 2.24) is 20.1 Å². The van der Waals surface area contributed by atoms with Gasteiger partial charge in [-0.05, 0) is 37.1 Å². The van der Waals surface area contributed by atoms with E-state index in [1.165, 1.54) is 27.8 Å². The Hall–Kier alpha value is -2.49. The Balaban J connectivity index is 1.17. The first-order valence-electron chi connectivity index (χ1n) is 10.2. The van der Waals surface area contributed by atoms with E-state index in [0.717, 1.165) is 51.6 Å². The lowest BCUT2D eigenvalue weighted by molar-refractivity contribution is -0.129. The number of hydrogen-bond donors (Lipinski definition) is 1. The SMILES string of the molecule is O=C(CSc1nnc(Nc2ccccc2)s1)N1CCC[C@@H](c2nc3ccccc3s2)C1. The molecule has 0 unspecified atom stereocenters. The topological polar surface area (TPSA) is 71.0 Å². The minimum absolute atomic E-state index is 0.156. The summed E-state index contributed by atoms with van der Waals surface area (Å²) in [6, 6.07) is 18.1. The smallest absolute Gasteiger partial charge is 0.233 e. The highest BCUT2D eigenvalue weighted by Crippen LogP contribution is 2.33. The molecular weight excluding hydrogens is 446 g/mol. The minimum Gasteiger partial charge on any atom is -0.341 e. The predicted octanol–water partition coefficient (Wildman–Crippen LogP) is 5.39. The van der Waals surface area contributed by atoms with Gasteiger partial charge in [0.1, 0.15) is 0 Å². The van der Waals surface area contributed by atoms with Crippen LogP contribution in [-0.2, 0) is 4.79 Å². The molecule has 1 saturated heterocycles. The van der Waals surface area contributed by atoms with Crippen LogP contribution in [0.2, 0.25) is 0 Å². The number of benzene rings is 2. The van der Waals surface area contributed by atoms with Gasteiger partial charge in [0, 0.05) is 24.7 Å². The molecule has 0 saturated carbocycles. The Morgan fingerprint density at radius 2 is 1.94 bits per heavy atom. The molecule has 5 rings (SSSR count). The number of thioether (sulfide) groups is 1. The number of piperidine rings is 1. The maximum atomic E-state index is 12.8. The van der Waals surface area contributed by atoms with Crippen LogP contribution in [0.1, 0.15) is 23.8 Å². The monoisotopic (exact) mass is 467 g/mol. The largest absolute Gasteiger partial charge is 0.341 e. The van der Waals surface area contributed by atoms with E-state index in [4.69, 9.17) is 4.98 Å². The second-order valence-corrected chi connectivity index (χ2v) is 10.6. The third kappa shape index (κ3) is 4.89. The molecule has 0 aliphatic carbocycles. The average molecular weight is 468 g/mol. The van der Waals surface area contributed by atoms with Gasteiger partial charge in [0.15, 0.2) is 4.34 Å². The molecule has 1 N–H and O–H groups in total. The number of thiazole rings is 1. The van der Waals surface area contributed by atoms with Gasteiger partial charge >= 0.3 is 0 Å². The zero-order chi connectivity index (χ0) is 21.0. The molecule has 31 heavy (non-hydrogen) atoms. The molecule has 0 spiro atoms. The van der Waals surface area contributed by atoms with Crippen LogP contribution in [0.5, 0.6) is 0 Å². The fraction of sp³-hybridized carbons (Fsp3) is 0.273. The predicted molar refractivity (Wildman–Crippen MR) is 129 cm³/mol. The van der Waals surface area contributed by atoms with E-state index in [1.807, 2.05) is 47.4 Å². The van der Waals surface area contributed by atoms with Crippen LogP contribution in [0, 0.1) is 0 Å². The van der Waals surface area contributed by atoms with E-state index in [0.29, 0.717) is 11.7 Å². The molecular formula is C22H21N5OS3. The van der Waals surface area contributed by atoms with Crippen molar-refractivity contribution in [3.8, 4) is 0 Å². The van der Waals surface area contributed by atoms with Gasteiger partial charge in [-0.1, -0.05) is 53.4 Å². The summed E-state index contributed by atoms with van der Waals surface area (Å²) in [6.07, 6.45) is 2.10. The summed E-state index contributed by atoms with van der Waals surface area (Å²) in [5.74, 6) is 0.860. The number of carbonyl (C=O) groups is 1. The van der Waals surface area contributed by atoms with Gasteiger partial charge in [0.2, 0.25) is 11.0 Å². The van der Waals surface area contributed by atoms with Crippen molar-refractivity contribution in [3.05, 3.63) is 59.6 Å². The fourth-order valence-electron chi connectivity index (χ4n) is 3.65. The first kappa shape index (κ1) is 20.4. The number of para-hydroxylation sites is 2. The van der Waals surface area contributed by atoms with E-state index in [2.05, 4.69) is 27.6 Å². The number of nitrogens with one attached hydrogen (secondary N) is 1. The van der Waals surface area contributed by atoms with Gasteiger partial charge in [-0.3, -0.25) is 4.79 Å². The number of aromatic nitrogens is 3. The highest BCUT2D eigenvalue weighted by atomic mass is 32.2. The number of likely N-dealkylation sites (tertiary alicyclic amines) is 1. The second-order valence-electron chi connectivity index (χ2n) is 7.35. The zero-order valence-corrected chi connectivity index (χ0v) is 19.2. The standard InChI is InChI=1S/C22H21N5OS3/c28-19(14-29-22-26-25-21(31-22)23-16-8-2-1-3-9-16)27-12-6-7-15(13-27)20-24-17-10-4-5-11-18(17)30-20/h1-5,8-11,15H,6-7,12-14H2,(H,23,25)/t15-/m1/s1.